The summed E-state index contributed by atoms with van der Waals surface area (Å²) in [5, 5.41) is 3.69. The highest BCUT2D eigenvalue weighted by atomic mass is 35.5. The Hall–Kier alpha value is -1.45. The smallest absolute Gasteiger partial charge is 0.130 e. The van der Waals surface area contributed by atoms with Crippen molar-refractivity contribution in [2.75, 3.05) is 7.05 Å². The topological polar surface area (TPSA) is 12.0 Å². The summed E-state index contributed by atoms with van der Waals surface area (Å²) in [6.07, 6.45) is 0.583. The fourth-order valence-corrected chi connectivity index (χ4v) is 2.26. The molecule has 1 nitrogen and oxygen atoms in total. The molecule has 0 heterocycles. The lowest BCUT2D eigenvalue weighted by Gasteiger charge is -2.17. The van der Waals surface area contributed by atoms with Crippen molar-refractivity contribution >= 4 is 11.6 Å². The standard InChI is InChI=1S/C15H14ClF2N/c1-19-15(8-10-3-2-4-11(16)7-10)13-6-5-12(17)9-14(13)18/h2-7,9,15,19H,8H2,1H3. The maximum Gasteiger partial charge on any atom is 0.130 e. The van der Waals surface area contributed by atoms with E-state index in [0.717, 1.165) is 11.6 Å². The zero-order valence-corrected chi connectivity index (χ0v) is 11.2. The van der Waals surface area contributed by atoms with Crippen LogP contribution < -0.4 is 5.32 Å². The van der Waals surface area contributed by atoms with E-state index in [4.69, 9.17) is 11.6 Å². The summed E-state index contributed by atoms with van der Waals surface area (Å²) in [5.41, 5.74) is 1.44. The van der Waals surface area contributed by atoms with Gasteiger partial charge < -0.3 is 5.32 Å². The van der Waals surface area contributed by atoms with E-state index < -0.39 is 11.6 Å². The van der Waals surface area contributed by atoms with E-state index >= 15 is 0 Å². The fourth-order valence-electron chi connectivity index (χ4n) is 2.05. The van der Waals surface area contributed by atoms with Gasteiger partial charge in [0.05, 0.1) is 0 Å². The summed E-state index contributed by atoms with van der Waals surface area (Å²) in [6, 6.07) is 10.8. The van der Waals surface area contributed by atoms with Gasteiger partial charge in [-0.2, -0.15) is 0 Å². The van der Waals surface area contributed by atoms with Crippen molar-refractivity contribution in [2.24, 2.45) is 0 Å². The van der Waals surface area contributed by atoms with Gasteiger partial charge in [-0.1, -0.05) is 29.8 Å². The molecule has 0 aliphatic heterocycles. The van der Waals surface area contributed by atoms with E-state index in [2.05, 4.69) is 5.32 Å². The first-order valence-electron chi connectivity index (χ1n) is 5.97. The molecule has 0 saturated carbocycles. The van der Waals surface area contributed by atoms with Crippen LogP contribution in [0.25, 0.3) is 0 Å². The molecule has 0 fully saturated rings. The van der Waals surface area contributed by atoms with E-state index in [1.165, 1.54) is 12.1 Å². The average Bonchev–Trinajstić information content (AvgIpc) is 2.37. The van der Waals surface area contributed by atoms with Gasteiger partial charge in [0.1, 0.15) is 11.6 Å². The van der Waals surface area contributed by atoms with Gasteiger partial charge in [-0.05, 0) is 37.2 Å². The minimum absolute atomic E-state index is 0.223. The summed E-state index contributed by atoms with van der Waals surface area (Å²) >= 11 is 5.93. The lowest BCUT2D eigenvalue weighted by Crippen LogP contribution is -2.20. The first kappa shape index (κ1) is 14.0. The second kappa shape index (κ2) is 6.13. The van der Waals surface area contributed by atoms with Crippen molar-refractivity contribution in [2.45, 2.75) is 12.5 Å². The Morgan fingerprint density at radius 1 is 1.16 bits per heavy atom. The molecule has 19 heavy (non-hydrogen) atoms. The third-order valence-corrected chi connectivity index (χ3v) is 3.25. The maximum atomic E-state index is 13.8. The molecule has 1 unspecified atom stereocenters. The maximum absolute atomic E-state index is 13.8. The molecule has 100 valence electrons. The molecule has 0 saturated heterocycles. The number of hydrogen-bond donors (Lipinski definition) is 1. The molecular formula is C15H14ClF2N. The van der Waals surface area contributed by atoms with Gasteiger partial charge in [0.25, 0.3) is 0 Å². The van der Waals surface area contributed by atoms with Gasteiger partial charge in [-0.25, -0.2) is 8.78 Å². The van der Waals surface area contributed by atoms with Gasteiger partial charge in [-0.15, -0.1) is 0 Å². The largest absolute Gasteiger partial charge is 0.313 e. The molecule has 2 aromatic carbocycles. The van der Waals surface area contributed by atoms with Crippen LogP contribution >= 0.6 is 11.6 Å². The van der Waals surface area contributed by atoms with E-state index in [0.29, 0.717) is 17.0 Å². The molecule has 4 heteroatoms. The third kappa shape index (κ3) is 3.52. The molecule has 0 aromatic heterocycles. The van der Waals surface area contributed by atoms with Crippen LogP contribution in [0.3, 0.4) is 0 Å². The molecule has 0 aliphatic carbocycles. The van der Waals surface area contributed by atoms with Crippen molar-refractivity contribution < 1.29 is 8.78 Å². The monoisotopic (exact) mass is 281 g/mol. The summed E-state index contributed by atoms with van der Waals surface area (Å²) < 4.78 is 26.7. The Morgan fingerprint density at radius 3 is 2.58 bits per heavy atom. The number of rotatable bonds is 4. The zero-order valence-electron chi connectivity index (χ0n) is 10.5. The second-order valence-corrected chi connectivity index (χ2v) is 4.78. The van der Waals surface area contributed by atoms with Gasteiger partial charge >= 0.3 is 0 Å². The molecule has 0 radical (unpaired) electrons. The number of nitrogens with one attached hydrogen (secondary N) is 1. The third-order valence-electron chi connectivity index (χ3n) is 3.02. The van der Waals surface area contributed by atoms with Crippen LogP contribution in [-0.4, -0.2) is 7.05 Å². The predicted octanol–water partition coefficient (Wildman–Crippen LogP) is 4.12. The number of likely N-dealkylation sites (N-methyl/N-ethyl adjacent to an activating group) is 1. The van der Waals surface area contributed by atoms with Crippen LogP contribution in [0.5, 0.6) is 0 Å². The lowest BCUT2D eigenvalue weighted by atomic mass is 9.98. The van der Waals surface area contributed by atoms with E-state index in [9.17, 15) is 8.78 Å². The van der Waals surface area contributed by atoms with E-state index in [1.54, 1.807) is 13.1 Å². The Balaban J connectivity index is 2.25. The molecule has 0 bridgehead atoms. The number of hydrogen-bond acceptors (Lipinski definition) is 1. The quantitative estimate of drug-likeness (QED) is 0.889. The highest BCUT2D eigenvalue weighted by molar-refractivity contribution is 6.30. The Morgan fingerprint density at radius 2 is 1.95 bits per heavy atom. The van der Waals surface area contributed by atoms with Crippen molar-refractivity contribution in [1.29, 1.82) is 0 Å². The molecule has 2 aromatic rings. The SMILES string of the molecule is CNC(Cc1cccc(Cl)c1)c1ccc(F)cc1F. The van der Waals surface area contributed by atoms with Crippen LogP contribution in [0.15, 0.2) is 42.5 Å². The van der Waals surface area contributed by atoms with Crippen molar-refractivity contribution in [3.8, 4) is 0 Å². The first-order chi connectivity index (χ1) is 9.10. The minimum Gasteiger partial charge on any atom is -0.313 e. The molecule has 0 aliphatic rings. The summed E-state index contributed by atoms with van der Waals surface area (Å²) in [6.45, 7) is 0. The van der Waals surface area contributed by atoms with Crippen LogP contribution in [-0.2, 0) is 6.42 Å². The normalized spacial score (nSPS) is 12.4. The molecule has 1 atom stereocenters. The molecule has 2 rings (SSSR count). The number of benzene rings is 2. The van der Waals surface area contributed by atoms with E-state index in [-0.39, 0.29) is 6.04 Å². The van der Waals surface area contributed by atoms with Crippen LogP contribution in [0, 0.1) is 11.6 Å². The highest BCUT2D eigenvalue weighted by Crippen LogP contribution is 2.23. The lowest BCUT2D eigenvalue weighted by molar-refractivity contribution is 0.521. The number of halogens is 3. The van der Waals surface area contributed by atoms with Gasteiger partial charge in [-0.3, -0.25) is 0 Å². The van der Waals surface area contributed by atoms with E-state index in [1.807, 2.05) is 18.2 Å². The molecular weight excluding hydrogens is 268 g/mol. The summed E-state index contributed by atoms with van der Waals surface area (Å²) in [5.74, 6) is -1.11. The Labute approximate surface area is 116 Å². The summed E-state index contributed by atoms with van der Waals surface area (Å²) in [4.78, 5) is 0. The minimum atomic E-state index is -0.571. The van der Waals surface area contributed by atoms with Crippen LogP contribution in [0.2, 0.25) is 5.02 Å². The zero-order chi connectivity index (χ0) is 13.8. The molecule has 0 amide bonds. The second-order valence-electron chi connectivity index (χ2n) is 4.34. The van der Waals surface area contributed by atoms with Crippen LogP contribution in [0.1, 0.15) is 17.2 Å². The molecule has 1 N–H and O–H groups in total. The average molecular weight is 282 g/mol. The fraction of sp³-hybridized carbons (Fsp3) is 0.200. The van der Waals surface area contributed by atoms with Crippen LogP contribution in [0.4, 0.5) is 8.78 Å². The van der Waals surface area contributed by atoms with Gasteiger partial charge in [0.2, 0.25) is 0 Å². The first-order valence-corrected chi connectivity index (χ1v) is 6.34. The highest BCUT2D eigenvalue weighted by Gasteiger charge is 2.15. The van der Waals surface area contributed by atoms with Gasteiger partial charge in [0, 0.05) is 22.7 Å². The van der Waals surface area contributed by atoms with Gasteiger partial charge in [0.15, 0.2) is 0 Å². The van der Waals surface area contributed by atoms with Crippen molar-refractivity contribution in [3.05, 3.63) is 70.2 Å². The van der Waals surface area contributed by atoms with Crippen molar-refractivity contribution in [3.63, 3.8) is 0 Å². The van der Waals surface area contributed by atoms with Crippen molar-refractivity contribution in [1.82, 2.24) is 5.32 Å². The molecule has 0 spiro atoms. The Kier molecular flexibility index (Phi) is 4.51. The summed E-state index contributed by atoms with van der Waals surface area (Å²) in [7, 11) is 1.75. The Bertz CT molecular complexity index is 572. The predicted molar refractivity (Wildman–Crippen MR) is 73.3 cm³/mol.